The van der Waals surface area contributed by atoms with Gasteiger partial charge in [0.15, 0.2) is 0 Å². The quantitative estimate of drug-likeness (QED) is 0.769. The summed E-state index contributed by atoms with van der Waals surface area (Å²) in [6.07, 6.45) is 5.39. The second kappa shape index (κ2) is 7.52. The van der Waals surface area contributed by atoms with E-state index in [1.54, 1.807) is 0 Å². The van der Waals surface area contributed by atoms with Gasteiger partial charge in [-0.2, -0.15) is 14.0 Å². The third-order valence-corrected chi connectivity index (χ3v) is 6.52. The van der Waals surface area contributed by atoms with Crippen molar-refractivity contribution in [2.24, 2.45) is 16.7 Å². The predicted molar refractivity (Wildman–Crippen MR) is 99.8 cm³/mol. The average Bonchev–Trinajstić information content (AvgIpc) is 3.40. The van der Waals surface area contributed by atoms with Crippen LogP contribution in [0, 0.1) is 33.9 Å². The van der Waals surface area contributed by atoms with Gasteiger partial charge in [-0.15, -0.1) is 0 Å². The molecule has 1 aromatic rings. The highest BCUT2D eigenvalue weighted by Crippen LogP contribution is 2.51. The minimum absolute atomic E-state index is 0.115. The normalized spacial score (nSPS) is 22.7. The van der Waals surface area contributed by atoms with Crippen molar-refractivity contribution in [1.29, 1.82) is 5.26 Å². The van der Waals surface area contributed by atoms with Crippen molar-refractivity contribution in [1.82, 2.24) is 4.90 Å². The lowest BCUT2D eigenvalue weighted by Gasteiger charge is -2.54. The Morgan fingerprint density at radius 2 is 1.93 bits per heavy atom. The Morgan fingerprint density at radius 1 is 1.24 bits per heavy atom. The van der Waals surface area contributed by atoms with Crippen molar-refractivity contribution < 1.29 is 22.7 Å². The zero-order valence-corrected chi connectivity index (χ0v) is 16.1. The number of anilines is 1. The second-order valence-electron chi connectivity index (χ2n) is 8.85. The van der Waals surface area contributed by atoms with E-state index in [-0.39, 0.29) is 34.1 Å². The van der Waals surface area contributed by atoms with Gasteiger partial charge in [0, 0.05) is 43.4 Å². The van der Waals surface area contributed by atoms with Gasteiger partial charge in [0.25, 0.3) is 0 Å². The van der Waals surface area contributed by atoms with Crippen LogP contribution in [0.1, 0.15) is 38.5 Å². The average molecular weight is 407 g/mol. The Labute approximate surface area is 167 Å². The summed E-state index contributed by atoms with van der Waals surface area (Å²) in [6, 6.07) is 5.58. The molecule has 29 heavy (non-hydrogen) atoms. The van der Waals surface area contributed by atoms with Crippen LogP contribution in [0.15, 0.2) is 18.2 Å². The monoisotopic (exact) mass is 407 g/mol. The third-order valence-electron chi connectivity index (χ3n) is 6.52. The lowest BCUT2D eigenvalue weighted by molar-refractivity contribution is -0.123. The van der Waals surface area contributed by atoms with Gasteiger partial charge in [-0.25, -0.2) is 4.39 Å². The van der Waals surface area contributed by atoms with Gasteiger partial charge in [-0.1, -0.05) is 0 Å². The van der Waals surface area contributed by atoms with Gasteiger partial charge in [0.05, 0.1) is 11.5 Å². The minimum Gasteiger partial charge on any atom is -0.435 e. The first-order valence-corrected chi connectivity index (χ1v) is 10.0. The molecule has 3 aliphatic rings. The van der Waals surface area contributed by atoms with Crippen molar-refractivity contribution in [3.8, 4) is 11.8 Å². The molecule has 156 valence electrons. The SMILES string of the molecule is N#CC1(CN2CC3(CCC(C(=O)Nc4cc(F)cc(OC(F)F)c4)CC3)C2)CC1. The van der Waals surface area contributed by atoms with E-state index in [2.05, 4.69) is 21.0 Å². The summed E-state index contributed by atoms with van der Waals surface area (Å²) in [5, 5.41) is 11.9. The largest absolute Gasteiger partial charge is 0.435 e. The van der Waals surface area contributed by atoms with Gasteiger partial charge in [0.2, 0.25) is 5.91 Å². The molecule has 1 N–H and O–H groups in total. The molecule has 1 amide bonds. The summed E-state index contributed by atoms with van der Waals surface area (Å²) >= 11 is 0. The summed E-state index contributed by atoms with van der Waals surface area (Å²) in [7, 11) is 0. The van der Waals surface area contributed by atoms with E-state index in [0.717, 1.165) is 70.3 Å². The summed E-state index contributed by atoms with van der Waals surface area (Å²) in [5.41, 5.74) is 0.252. The molecule has 0 aromatic heterocycles. The number of rotatable bonds is 6. The topological polar surface area (TPSA) is 65.4 Å². The maximum Gasteiger partial charge on any atom is 0.387 e. The van der Waals surface area contributed by atoms with Crippen LogP contribution in [-0.4, -0.2) is 37.1 Å². The van der Waals surface area contributed by atoms with Gasteiger partial charge in [-0.05, 0) is 50.0 Å². The molecule has 0 unspecified atom stereocenters. The molecule has 2 saturated carbocycles. The zero-order chi connectivity index (χ0) is 20.6. The molecule has 8 heteroatoms. The summed E-state index contributed by atoms with van der Waals surface area (Å²) < 4.78 is 42.5. The number of hydrogen-bond donors (Lipinski definition) is 1. The van der Waals surface area contributed by atoms with Crippen LogP contribution in [0.2, 0.25) is 0 Å². The van der Waals surface area contributed by atoms with E-state index in [1.165, 1.54) is 6.07 Å². The van der Waals surface area contributed by atoms with E-state index in [0.29, 0.717) is 0 Å². The first-order valence-electron chi connectivity index (χ1n) is 10.0. The molecule has 0 bridgehead atoms. The number of nitrogens with one attached hydrogen (secondary N) is 1. The number of carbonyl (C=O) groups excluding carboxylic acids is 1. The highest BCUT2D eigenvalue weighted by atomic mass is 19.3. The van der Waals surface area contributed by atoms with Gasteiger partial charge < -0.3 is 15.0 Å². The van der Waals surface area contributed by atoms with Crippen LogP contribution < -0.4 is 10.1 Å². The number of amides is 1. The van der Waals surface area contributed by atoms with Crippen LogP contribution in [0.5, 0.6) is 5.75 Å². The van der Waals surface area contributed by atoms with Gasteiger partial charge in [0.1, 0.15) is 11.6 Å². The predicted octanol–water partition coefficient (Wildman–Crippen LogP) is 4.16. The van der Waals surface area contributed by atoms with Crippen molar-refractivity contribution in [3.05, 3.63) is 24.0 Å². The Hall–Kier alpha value is -2.27. The van der Waals surface area contributed by atoms with Crippen LogP contribution in [0.25, 0.3) is 0 Å². The highest BCUT2D eigenvalue weighted by molar-refractivity contribution is 5.92. The van der Waals surface area contributed by atoms with Crippen LogP contribution in [-0.2, 0) is 4.79 Å². The number of halogens is 3. The molecule has 2 aliphatic carbocycles. The zero-order valence-electron chi connectivity index (χ0n) is 16.1. The summed E-state index contributed by atoms with van der Waals surface area (Å²) in [5.74, 6) is -1.46. The number of hydrogen-bond acceptors (Lipinski definition) is 4. The molecule has 1 spiro atoms. The van der Waals surface area contributed by atoms with E-state index in [1.807, 2.05) is 0 Å². The van der Waals surface area contributed by atoms with Crippen molar-refractivity contribution in [2.75, 3.05) is 25.0 Å². The van der Waals surface area contributed by atoms with Crippen LogP contribution in [0.3, 0.4) is 0 Å². The lowest BCUT2D eigenvalue weighted by Crippen LogP contribution is -2.59. The van der Waals surface area contributed by atoms with Crippen LogP contribution >= 0.6 is 0 Å². The molecule has 3 fully saturated rings. The van der Waals surface area contributed by atoms with Gasteiger partial charge in [-0.3, -0.25) is 4.79 Å². The van der Waals surface area contributed by atoms with E-state index >= 15 is 0 Å². The Kier molecular flexibility index (Phi) is 5.19. The fourth-order valence-corrected chi connectivity index (χ4v) is 4.76. The van der Waals surface area contributed by atoms with Crippen molar-refractivity contribution in [3.63, 3.8) is 0 Å². The molecule has 1 heterocycles. The minimum atomic E-state index is -3.06. The van der Waals surface area contributed by atoms with Gasteiger partial charge >= 0.3 is 6.61 Å². The molecule has 0 atom stereocenters. The number of nitrogens with zero attached hydrogens (tertiary/aromatic N) is 2. The summed E-state index contributed by atoms with van der Waals surface area (Å²) in [4.78, 5) is 14.9. The molecule has 0 radical (unpaired) electrons. The first kappa shape index (κ1) is 20.0. The third kappa shape index (κ3) is 4.50. The Morgan fingerprint density at radius 3 is 2.52 bits per heavy atom. The van der Waals surface area contributed by atoms with E-state index < -0.39 is 12.4 Å². The van der Waals surface area contributed by atoms with E-state index in [9.17, 15) is 23.2 Å². The fourth-order valence-electron chi connectivity index (χ4n) is 4.76. The van der Waals surface area contributed by atoms with Crippen molar-refractivity contribution >= 4 is 11.6 Å². The molecule has 1 aliphatic heterocycles. The number of benzene rings is 1. The number of likely N-dealkylation sites (tertiary alicyclic amines) is 1. The molecule has 1 aromatic carbocycles. The molecular weight excluding hydrogens is 383 g/mol. The highest BCUT2D eigenvalue weighted by Gasteiger charge is 2.51. The van der Waals surface area contributed by atoms with E-state index in [4.69, 9.17) is 0 Å². The summed E-state index contributed by atoms with van der Waals surface area (Å²) in [6.45, 7) is -0.219. The smallest absolute Gasteiger partial charge is 0.387 e. The lowest BCUT2D eigenvalue weighted by atomic mass is 9.65. The maximum absolute atomic E-state index is 13.6. The van der Waals surface area contributed by atoms with Crippen LogP contribution in [0.4, 0.5) is 18.9 Å². The number of ether oxygens (including phenoxy) is 1. The molecular formula is C21H24F3N3O2. The molecule has 4 rings (SSSR count). The Bertz CT molecular complexity index is 819. The molecule has 1 saturated heterocycles. The second-order valence-corrected chi connectivity index (χ2v) is 8.85. The number of alkyl halides is 2. The fraction of sp³-hybridized carbons (Fsp3) is 0.619. The number of carbonyl (C=O) groups is 1. The first-order chi connectivity index (χ1) is 13.8. The molecule has 5 nitrogen and oxygen atoms in total. The Balaban J connectivity index is 1.27. The number of nitriles is 1. The standard InChI is InChI=1S/C21H24F3N3O2/c22-15-7-16(9-17(8-15)29-19(23)24)26-18(28)14-1-3-21(4-2-14)12-27(13-21)11-20(10-25)5-6-20/h7-9,14,19H,1-6,11-13H2,(H,26,28). The van der Waals surface area contributed by atoms with Crippen molar-refractivity contribution in [2.45, 2.75) is 45.1 Å². The maximum atomic E-state index is 13.6.